The van der Waals surface area contributed by atoms with Crippen molar-refractivity contribution in [1.82, 2.24) is 9.78 Å². The molecule has 10 heteroatoms. The van der Waals surface area contributed by atoms with E-state index in [1.807, 2.05) is 0 Å². The van der Waals surface area contributed by atoms with E-state index in [9.17, 15) is 18.9 Å². The predicted octanol–water partition coefficient (Wildman–Crippen LogP) is 3.86. The van der Waals surface area contributed by atoms with E-state index in [-0.39, 0.29) is 39.4 Å². The Morgan fingerprint density at radius 2 is 1.83 bits per heavy atom. The SMILES string of the molecule is CC(C)OC(=O)c1ccc(C(=O)c2cnn(C)c2O)c(Cl)c1N=S1(=O)CCCCC1. The molecular formula is C20H24ClN3O5S. The van der Waals surface area contributed by atoms with Crippen LogP contribution in [0.3, 0.4) is 0 Å². The smallest absolute Gasteiger partial charge is 0.340 e. The van der Waals surface area contributed by atoms with E-state index in [1.165, 1.54) is 25.4 Å². The number of esters is 1. The fraction of sp³-hybridized carbons (Fsp3) is 0.450. The Hall–Kier alpha value is -2.39. The molecule has 1 aromatic heterocycles. The second-order valence-electron chi connectivity index (χ2n) is 7.44. The molecule has 0 unspecified atom stereocenters. The number of hydrogen-bond donors (Lipinski definition) is 1. The van der Waals surface area contributed by atoms with Gasteiger partial charge >= 0.3 is 5.97 Å². The van der Waals surface area contributed by atoms with Gasteiger partial charge in [-0.05, 0) is 38.8 Å². The van der Waals surface area contributed by atoms with Gasteiger partial charge in [-0.1, -0.05) is 18.0 Å². The summed E-state index contributed by atoms with van der Waals surface area (Å²) in [5.41, 5.74) is 0.0285. The van der Waals surface area contributed by atoms with E-state index in [1.54, 1.807) is 13.8 Å². The molecule has 1 aromatic carbocycles. The van der Waals surface area contributed by atoms with E-state index in [0.717, 1.165) is 23.9 Å². The third kappa shape index (κ3) is 4.52. The first kappa shape index (κ1) is 22.3. The standard InChI is InChI=1S/C20H24ClN3O5S/c1-12(2)29-20(27)14-8-7-13(18(25)15-11-22-24(3)19(15)26)16(21)17(14)23-30(28)9-5-4-6-10-30/h7-8,11-12,26H,4-6,9-10H2,1-3H3. The largest absolute Gasteiger partial charge is 0.493 e. The Morgan fingerprint density at radius 1 is 1.20 bits per heavy atom. The fourth-order valence-electron chi connectivity index (χ4n) is 3.20. The molecule has 0 radical (unpaired) electrons. The van der Waals surface area contributed by atoms with Gasteiger partial charge in [0.15, 0.2) is 0 Å². The number of aromatic hydroxyl groups is 1. The van der Waals surface area contributed by atoms with Crippen molar-refractivity contribution in [3.63, 3.8) is 0 Å². The maximum atomic E-state index is 13.2. The Bertz CT molecular complexity index is 1100. The molecule has 0 saturated carbocycles. The summed E-state index contributed by atoms with van der Waals surface area (Å²) in [6.07, 6.45) is 3.37. The number of benzene rings is 1. The molecule has 0 aliphatic carbocycles. The molecule has 0 spiro atoms. The van der Waals surface area contributed by atoms with Gasteiger partial charge in [0.1, 0.15) is 11.3 Å². The topological polar surface area (TPSA) is 111 Å². The van der Waals surface area contributed by atoms with Crippen LogP contribution in [0.4, 0.5) is 5.69 Å². The first-order valence-corrected chi connectivity index (χ1v) is 11.9. The first-order valence-electron chi connectivity index (χ1n) is 9.64. The third-order valence-electron chi connectivity index (χ3n) is 4.76. The number of nitrogens with zero attached hydrogens (tertiary/aromatic N) is 3. The molecule has 1 aliphatic heterocycles. The molecule has 1 N–H and O–H groups in total. The third-order valence-corrected chi connectivity index (χ3v) is 7.51. The van der Waals surface area contributed by atoms with Crippen molar-refractivity contribution >= 4 is 38.8 Å². The summed E-state index contributed by atoms with van der Waals surface area (Å²) >= 11 is 6.52. The highest BCUT2D eigenvalue weighted by atomic mass is 35.5. The lowest BCUT2D eigenvalue weighted by Gasteiger charge is -2.18. The number of ketones is 1. The van der Waals surface area contributed by atoms with Gasteiger partial charge in [-0.15, -0.1) is 0 Å². The zero-order valence-electron chi connectivity index (χ0n) is 17.1. The van der Waals surface area contributed by atoms with Crippen LogP contribution < -0.4 is 0 Å². The summed E-state index contributed by atoms with van der Waals surface area (Å²) < 4.78 is 24.0. The zero-order valence-corrected chi connectivity index (χ0v) is 18.6. The number of rotatable bonds is 5. The van der Waals surface area contributed by atoms with Crippen LogP contribution in [-0.4, -0.2) is 48.5 Å². The molecule has 0 amide bonds. The van der Waals surface area contributed by atoms with Crippen LogP contribution >= 0.6 is 11.6 Å². The zero-order chi connectivity index (χ0) is 22.1. The maximum Gasteiger partial charge on any atom is 0.340 e. The van der Waals surface area contributed by atoms with Crippen molar-refractivity contribution in [3.8, 4) is 5.88 Å². The van der Waals surface area contributed by atoms with Crippen molar-refractivity contribution in [2.75, 3.05) is 11.5 Å². The second kappa shape index (κ2) is 8.77. The van der Waals surface area contributed by atoms with Gasteiger partial charge in [-0.25, -0.2) is 13.7 Å². The maximum absolute atomic E-state index is 13.2. The average molecular weight is 454 g/mol. The molecule has 30 heavy (non-hydrogen) atoms. The van der Waals surface area contributed by atoms with Gasteiger partial charge in [0.2, 0.25) is 11.7 Å². The van der Waals surface area contributed by atoms with Crippen LogP contribution in [0.2, 0.25) is 5.02 Å². The van der Waals surface area contributed by atoms with E-state index in [0.29, 0.717) is 11.5 Å². The minimum absolute atomic E-state index is 0.0107. The lowest BCUT2D eigenvalue weighted by atomic mass is 10.0. The van der Waals surface area contributed by atoms with Gasteiger partial charge in [0.25, 0.3) is 0 Å². The summed E-state index contributed by atoms with van der Waals surface area (Å²) in [6, 6.07) is 2.77. The van der Waals surface area contributed by atoms with Gasteiger partial charge < -0.3 is 9.84 Å². The van der Waals surface area contributed by atoms with E-state index in [2.05, 4.69) is 9.46 Å². The van der Waals surface area contributed by atoms with Crippen LogP contribution in [0, 0.1) is 0 Å². The normalized spacial score (nSPS) is 15.8. The molecule has 1 fully saturated rings. The number of hydrogen-bond acceptors (Lipinski definition) is 7. The fourth-order valence-corrected chi connectivity index (χ4v) is 5.76. The van der Waals surface area contributed by atoms with Gasteiger partial charge in [-0.2, -0.15) is 9.46 Å². The Morgan fingerprint density at radius 3 is 2.40 bits per heavy atom. The molecule has 2 aromatic rings. The minimum atomic E-state index is -2.61. The quantitative estimate of drug-likeness (QED) is 0.543. The van der Waals surface area contributed by atoms with Gasteiger partial charge in [-0.3, -0.25) is 4.79 Å². The predicted molar refractivity (Wildman–Crippen MR) is 114 cm³/mol. The van der Waals surface area contributed by atoms with Crippen LogP contribution in [0.15, 0.2) is 22.7 Å². The number of halogens is 1. The van der Waals surface area contributed by atoms with Crippen LogP contribution in [0.5, 0.6) is 5.88 Å². The Kier molecular flexibility index (Phi) is 6.52. The van der Waals surface area contributed by atoms with Crippen LogP contribution in [0.25, 0.3) is 0 Å². The van der Waals surface area contributed by atoms with Crippen molar-refractivity contribution in [1.29, 1.82) is 0 Å². The first-order chi connectivity index (χ1) is 14.1. The highest BCUT2D eigenvalue weighted by molar-refractivity contribution is 7.93. The number of ether oxygens (including phenoxy) is 1. The molecule has 1 aliphatic rings. The summed E-state index contributed by atoms with van der Waals surface area (Å²) in [5, 5.41) is 13.8. The van der Waals surface area contributed by atoms with Crippen molar-refractivity contribution in [2.45, 2.75) is 39.2 Å². The molecule has 0 bridgehead atoms. The number of carbonyl (C=O) groups is 2. The molecule has 8 nitrogen and oxygen atoms in total. The molecule has 0 atom stereocenters. The molecule has 2 heterocycles. The van der Waals surface area contributed by atoms with Crippen molar-refractivity contribution in [3.05, 3.63) is 40.0 Å². The van der Waals surface area contributed by atoms with Gasteiger partial charge in [0.05, 0.1) is 32.6 Å². The number of aryl methyl sites for hydroxylation is 1. The summed E-state index contributed by atoms with van der Waals surface area (Å²) in [7, 11) is -1.11. The molecular weight excluding hydrogens is 430 g/mol. The minimum Gasteiger partial charge on any atom is -0.493 e. The Balaban J connectivity index is 2.17. The highest BCUT2D eigenvalue weighted by Gasteiger charge is 2.27. The van der Waals surface area contributed by atoms with Crippen molar-refractivity contribution in [2.24, 2.45) is 11.4 Å². The second-order valence-corrected chi connectivity index (χ2v) is 10.4. The molecule has 3 rings (SSSR count). The van der Waals surface area contributed by atoms with Gasteiger partial charge in [0, 0.05) is 24.1 Å². The summed E-state index contributed by atoms with van der Waals surface area (Å²) in [6.45, 7) is 3.42. The van der Waals surface area contributed by atoms with Crippen LogP contribution in [0.1, 0.15) is 59.4 Å². The van der Waals surface area contributed by atoms with Crippen LogP contribution in [-0.2, 0) is 21.5 Å². The van der Waals surface area contributed by atoms with E-state index in [4.69, 9.17) is 16.3 Å². The average Bonchev–Trinajstić information content (AvgIpc) is 3.01. The summed E-state index contributed by atoms with van der Waals surface area (Å²) in [5.74, 6) is -0.735. The summed E-state index contributed by atoms with van der Waals surface area (Å²) in [4.78, 5) is 25.6. The number of aromatic nitrogens is 2. The van der Waals surface area contributed by atoms with E-state index >= 15 is 0 Å². The lowest BCUT2D eigenvalue weighted by molar-refractivity contribution is 0.0378. The lowest BCUT2D eigenvalue weighted by Crippen LogP contribution is -2.17. The Labute approximate surface area is 180 Å². The van der Waals surface area contributed by atoms with Crippen molar-refractivity contribution < 1.29 is 23.6 Å². The highest BCUT2D eigenvalue weighted by Crippen LogP contribution is 2.37. The molecule has 1 saturated heterocycles. The molecule has 162 valence electrons. The van der Waals surface area contributed by atoms with E-state index < -0.39 is 21.5 Å². The number of carbonyl (C=O) groups excluding carboxylic acids is 2. The monoisotopic (exact) mass is 453 g/mol.